The quantitative estimate of drug-likeness (QED) is 0.274. The molecule has 2 fully saturated rings. The Kier molecular flexibility index (Phi) is 8.21. The number of carbonyl (C=O) groups excluding carboxylic acids is 3. The summed E-state index contributed by atoms with van der Waals surface area (Å²) in [6.45, 7) is 1.71. The molecule has 2 aliphatic rings. The molecule has 0 bridgehead atoms. The molecule has 1 saturated carbocycles. The van der Waals surface area contributed by atoms with E-state index in [4.69, 9.17) is 10.5 Å². The van der Waals surface area contributed by atoms with Crippen LogP contribution in [-0.2, 0) is 4.79 Å². The van der Waals surface area contributed by atoms with Gasteiger partial charge in [-0.15, -0.1) is 21.5 Å². The summed E-state index contributed by atoms with van der Waals surface area (Å²) in [5.41, 5.74) is 6.87. The number of thiazole rings is 1. The van der Waals surface area contributed by atoms with Gasteiger partial charge in [0.25, 0.3) is 11.8 Å². The molecule has 1 aliphatic heterocycles. The van der Waals surface area contributed by atoms with Crippen LogP contribution in [-0.4, -0.2) is 71.1 Å². The van der Waals surface area contributed by atoms with Gasteiger partial charge in [-0.25, -0.2) is 4.98 Å². The molecule has 5 rings (SSSR count). The van der Waals surface area contributed by atoms with Gasteiger partial charge in [-0.3, -0.25) is 14.4 Å². The number of likely N-dealkylation sites (tertiary alicyclic amines) is 1. The summed E-state index contributed by atoms with van der Waals surface area (Å²) >= 11 is 1.26. The second-order valence-corrected chi connectivity index (χ2v) is 11.0. The summed E-state index contributed by atoms with van der Waals surface area (Å²) in [6.07, 6.45) is 6.51. The zero-order valence-electron chi connectivity index (χ0n) is 22.4. The summed E-state index contributed by atoms with van der Waals surface area (Å²) < 4.78 is 5.72. The highest BCUT2D eigenvalue weighted by Gasteiger charge is 2.30. The van der Waals surface area contributed by atoms with Crippen molar-refractivity contribution in [1.29, 1.82) is 0 Å². The molecule has 0 radical (unpaired) electrons. The van der Waals surface area contributed by atoms with E-state index in [1.54, 1.807) is 18.3 Å². The largest absolute Gasteiger partial charge is 0.494 e. The van der Waals surface area contributed by atoms with E-state index in [2.05, 4.69) is 43.1 Å². The number of aromatic nitrogens is 3. The lowest BCUT2D eigenvalue weighted by molar-refractivity contribution is -0.117. The molecule has 13 heteroatoms. The monoisotopic (exact) mass is 564 g/mol. The van der Waals surface area contributed by atoms with Gasteiger partial charge in [0.05, 0.1) is 30.2 Å². The minimum Gasteiger partial charge on any atom is -0.494 e. The van der Waals surface area contributed by atoms with Crippen molar-refractivity contribution in [3.63, 3.8) is 0 Å². The molecule has 0 spiro atoms. The number of para-hydroxylation sites is 1. The molecule has 3 amide bonds. The van der Waals surface area contributed by atoms with E-state index < -0.39 is 5.91 Å². The molecule has 1 aliphatic carbocycles. The third kappa shape index (κ3) is 6.20. The van der Waals surface area contributed by atoms with Crippen molar-refractivity contribution >= 4 is 46.3 Å². The second kappa shape index (κ2) is 12.0. The molecule has 210 valence electrons. The third-order valence-corrected chi connectivity index (χ3v) is 8.14. The van der Waals surface area contributed by atoms with Crippen molar-refractivity contribution in [2.75, 3.05) is 37.9 Å². The van der Waals surface area contributed by atoms with Crippen LogP contribution in [0.2, 0.25) is 0 Å². The molecular formula is C27H32N8O4S. The summed E-state index contributed by atoms with van der Waals surface area (Å²) in [7, 11) is 3.64. The molecule has 3 heterocycles. The molecule has 1 atom stereocenters. The zero-order valence-corrected chi connectivity index (χ0v) is 23.2. The third-order valence-electron chi connectivity index (χ3n) is 7.11. The van der Waals surface area contributed by atoms with E-state index in [-0.39, 0.29) is 34.9 Å². The smallest absolute Gasteiger partial charge is 0.271 e. The summed E-state index contributed by atoms with van der Waals surface area (Å²) in [5.74, 6) is -0.447. The summed E-state index contributed by atoms with van der Waals surface area (Å²) in [4.78, 5) is 44.3. The molecule has 1 aromatic carbocycles. The Morgan fingerprint density at radius 1 is 1.18 bits per heavy atom. The van der Waals surface area contributed by atoms with E-state index in [1.165, 1.54) is 30.9 Å². The number of amides is 3. The number of anilines is 3. The fraction of sp³-hybridized carbons (Fsp3) is 0.407. The number of ether oxygens (including phenoxy) is 1. The van der Waals surface area contributed by atoms with Gasteiger partial charge in [-0.05, 0) is 57.8 Å². The first kappa shape index (κ1) is 27.5. The predicted octanol–water partition coefficient (Wildman–Crippen LogP) is 3.01. The van der Waals surface area contributed by atoms with Crippen molar-refractivity contribution in [1.82, 2.24) is 25.4 Å². The highest BCUT2D eigenvalue weighted by Crippen LogP contribution is 2.40. The summed E-state index contributed by atoms with van der Waals surface area (Å²) in [5, 5.41) is 17.3. The van der Waals surface area contributed by atoms with Crippen LogP contribution in [0.15, 0.2) is 30.5 Å². The number of methoxy groups -OCH3 is 1. The first-order valence-electron chi connectivity index (χ1n) is 13.2. The topological polar surface area (TPSA) is 164 Å². The first-order chi connectivity index (χ1) is 19.3. The number of rotatable bonds is 11. The maximum absolute atomic E-state index is 12.8. The first-order valence-corrected chi connectivity index (χ1v) is 14.0. The van der Waals surface area contributed by atoms with E-state index in [1.807, 2.05) is 6.07 Å². The van der Waals surface area contributed by atoms with E-state index in [0.29, 0.717) is 39.5 Å². The standard InChI is InChI=1S/C27H32N8O4S/c1-35-12-4-5-16(35)10-11-29-26(38)20-14-30-27(40-20)17-6-3-7-18(23(17)39-2)31-19-13-21(32-25(37)15-8-9-15)33-34-22(19)24(28)36/h3,6-7,13-16H,4-5,8-12H2,1-2H3,(H2,28,36)(H,29,38)(H2,31,32,33,37). The lowest BCUT2D eigenvalue weighted by Crippen LogP contribution is -2.31. The van der Waals surface area contributed by atoms with Crippen LogP contribution in [0.5, 0.6) is 5.75 Å². The van der Waals surface area contributed by atoms with Gasteiger partial charge in [0.15, 0.2) is 17.3 Å². The number of nitrogens with two attached hydrogens (primary N) is 1. The Morgan fingerprint density at radius 3 is 2.70 bits per heavy atom. The molecule has 1 saturated heterocycles. The molecular weight excluding hydrogens is 532 g/mol. The van der Waals surface area contributed by atoms with Crippen LogP contribution in [0.25, 0.3) is 10.6 Å². The van der Waals surface area contributed by atoms with Crippen LogP contribution >= 0.6 is 11.3 Å². The van der Waals surface area contributed by atoms with Gasteiger partial charge < -0.3 is 31.3 Å². The number of hydrogen-bond donors (Lipinski definition) is 4. The fourth-order valence-corrected chi connectivity index (χ4v) is 5.61. The summed E-state index contributed by atoms with van der Waals surface area (Å²) in [6, 6.07) is 7.41. The van der Waals surface area contributed by atoms with Gasteiger partial charge in [-0.1, -0.05) is 6.07 Å². The second-order valence-electron chi connectivity index (χ2n) is 9.98. The maximum Gasteiger partial charge on any atom is 0.271 e. The van der Waals surface area contributed by atoms with Crippen LogP contribution in [0.1, 0.15) is 52.3 Å². The van der Waals surface area contributed by atoms with Gasteiger partial charge in [0.2, 0.25) is 5.91 Å². The Morgan fingerprint density at radius 2 is 2.00 bits per heavy atom. The Hall–Kier alpha value is -4.10. The van der Waals surface area contributed by atoms with Gasteiger partial charge in [0, 0.05) is 24.6 Å². The minimum absolute atomic E-state index is 0.0231. The van der Waals surface area contributed by atoms with Crippen LogP contribution < -0.4 is 26.4 Å². The van der Waals surface area contributed by atoms with Gasteiger partial charge in [-0.2, -0.15) is 0 Å². The van der Waals surface area contributed by atoms with Crippen LogP contribution in [0.4, 0.5) is 17.2 Å². The zero-order chi connectivity index (χ0) is 28.2. The van der Waals surface area contributed by atoms with Crippen LogP contribution in [0, 0.1) is 5.92 Å². The number of nitrogens with one attached hydrogen (secondary N) is 3. The molecule has 40 heavy (non-hydrogen) atoms. The van der Waals surface area contributed by atoms with Crippen molar-refractivity contribution in [3.05, 3.63) is 41.0 Å². The molecule has 5 N–H and O–H groups in total. The average molecular weight is 565 g/mol. The maximum atomic E-state index is 12.8. The predicted molar refractivity (Wildman–Crippen MR) is 152 cm³/mol. The molecule has 1 unspecified atom stereocenters. The van der Waals surface area contributed by atoms with Crippen molar-refractivity contribution in [3.8, 4) is 16.3 Å². The lowest BCUT2D eigenvalue weighted by Gasteiger charge is -2.19. The number of primary amides is 1. The average Bonchev–Trinajstić information content (AvgIpc) is 3.54. The number of benzene rings is 1. The van der Waals surface area contributed by atoms with Crippen molar-refractivity contribution in [2.45, 2.75) is 38.1 Å². The SMILES string of the molecule is COc1c(Nc2cc(NC(=O)C3CC3)nnc2C(N)=O)cccc1-c1ncc(C(=O)NCCC2CCCN2C)s1. The van der Waals surface area contributed by atoms with Crippen LogP contribution in [0.3, 0.4) is 0 Å². The van der Waals surface area contributed by atoms with E-state index >= 15 is 0 Å². The molecule has 3 aromatic rings. The highest BCUT2D eigenvalue weighted by molar-refractivity contribution is 7.17. The highest BCUT2D eigenvalue weighted by atomic mass is 32.1. The van der Waals surface area contributed by atoms with E-state index in [9.17, 15) is 14.4 Å². The minimum atomic E-state index is -0.777. The molecule has 2 aromatic heterocycles. The molecule has 12 nitrogen and oxygen atoms in total. The van der Waals surface area contributed by atoms with Crippen molar-refractivity contribution in [2.24, 2.45) is 11.7 Å². The number of hydrogen-bond acceptors (Lipinski definition) is 10. The fourth-order valence-electron chi connectivity index (χ4n) is 4.76. The Labute approximate surface area is 235 Å². The van der Waals surface area contributed by atoms with Crippen molar-refractivity contribution < 1.29 is 19.1 Å². The lowest BCUT2D eigenvalue weighted by atomic mass is 10.1. The Bertz CT molecular complexity index is 1420. The normalized spacial score (nSPS) is 16.9. The number of nitrogens with zero attached hydrogens (tertiary/aromatic N) is 4. The number of carbonyl (C=O) groups is 3. The van der Waals surface area contributed by atoms with E-state index in [0.717, 1.165) is 32.2 Å². The van der Waals surface area contributed by atoms with Gasteiger partial charge in [0.1, 0.15) is 9.88 Å². The van der Waals surface area contributed by atoms with Gasteiger partial charge >= 0.3 is 0 Å². The Balaban J connectivity index is 1.33.